The number of unbranched alkanes of at least 4 members (excludes halogenated alkanes) is 1. The fraction of sp³-hybridized carbons (Fsp3) is 0.706. The van der Waals surface area contributed by atoms with Gasteiger partial charge < -0.3 is 20.1 Å². The van der Waals surface area contributed by atoms with Crippen LogP contribution in [0.4, 0.5) is 0 Å². The van der Waals surface area contributed by atoms with Crippen molar-refractivity contribution in [3.8, 4) is 0 Å². The van der Waals surface area contributed by atoms with Crippen molar-refractivity contribution in [2.45, 2.75) is 39.7 Å². The van der Waals surface area contributed by atoms with Crippen LogP contribution in [0.2, 0.25) is 0 Å². The van der Waals surface area contributed by atoms with Crippen LogP contribution in [-0.2, 0) is 9.47 Å². The SMILES string of the molecule is CCCCOCCOCCN=C(NCC)NC(C)c1cccs1. The monoisotopic (exact) mass is 341 g/mol. The van der Waals surface area contributed by atoms with Crippen molar-refractivity contribution in [1.82, 2.24) is 10.6 Å². The van der Waals surface area contributed by atoms with Crippen LogP contribution < -0.4 is 10.6 Å². The van der Waals surface area contributed by atoms with Gasteiger partial charge in [-0.15, -0.1) is 11.3 Å². The first kappa shape index (κ1) is 19.9. The molecule has 0 spiro atoms. The van der Waals surface area contributed by atoms with Crippen LogP contribution in [-0.4, -0.2) is 45.5 Å². The van der Waals surface area contributed by atoms with Gasteiger partial charge in [-0.3, -0.25) is 4.99 Å². The molecule has 1 aromatic rings. The topological polar surface area (TPSA) is 54.9 Å². The second-order valence-electron chi connectivity index (χ2n) is 5.22. The predicted octanol–water partition coefficient (Wildman–Crippen LogP) is 3.20. The Morgan fingerprint density at radius 2 is 2.00 bits per heavy atom. The molecule has 0 aliphatic heterocycles. The van der Waals surface area contributed by atoms with Gasteiger partial charge in [-0.1, -0.05) is 19.4 Å². The summed E-state index contributed by atoms with van der Waals surface area (Å²) < 4.78 is 11.0. The van der Waals surface area contributed by atoms with Gasteiger partial charge in [0.2, 0.25) is 0 Å². The van der Waals surface area contributed by atoms with Crippen molar-refractivity contribution in [1.29, 1.82) is 0 Å². The second-order valence-corrected chi connectivity index (χ2v) is 6.20. The number of thiophene rings is 1. The Kier molecular flexibility index (Phi) is 11.6. The quantitative estimate of drug-likeness (QED) is 0.348. The highest BCUT2D eigenvalue weighted by Gasteiger charge is 2.07. The summed E-state index contributed by atoms with van der Waals surface area (Å²) in [5, 5.41) is 8.77. The summed E-state index contributed by atoms with van der Waals surface area (Å²) in [7, 11) is 0. The Morgan fingerprint density at radius 3 is 2.65 bits per heavy atom. The first-order valence-electron chi connectivity index (χ1n) is 8.51. The standard InChI is InChI=1S/C17H31N3O2S/c1-4-6-10-21-12-13-22-11-9-19-17(18-5-2)20-15(3)16-8-7-14-23-16/h7-8,14-15H,4-6,9-13H2,1-3H3,(H2,18,19,20). The fourth-order valence-electron chi connectivity index (χ4n) is 1.92. The maximum Gasteiger partial charge on any atom is 0.191 e. The first-order chi connectivity index (χ1) is 11.3. The number of rotatable bonds is 12. The molecule has 132 valence electrons. The zero-order chi connectivity index (χ0) is 16.8. The fourth-order valence-corrected chi connectivity index (χ4v) is 2.66. The molecule has 0 radical (unpaired) electrons. The van der Waals surface area contributed by atoms with Crippen molar-refractivity contribution in [2.24, 2.45) is 4.99 Å². The molecule has 0 fully saturated rings. The van der Waals surface area contributed by atoms with Crippen molar-refractivity contribution in [3.05, 3.63) is 22.4 Å². The molecule has 5 nitrogen and oxygen atoms in total. The van der Waals surface area contributed by atoms with Crippen LogP contribution in [0.25, 0.3) is 0 Å². The predicted molar refractivity (Wildman–Crippen MR) is 98.4 cm³/mol. The van der Waals surface area contributed by atoms with E-state index >= 15 is 0 Å². The van der Waals surface area contributed by atoms with Crippen LogP contribution in [0.3, 0.4) is 0 Å². The average Bonchev–Trinajstić information content (AvgIpc) is 3.08. The lowest BCUT2D eigenvalue weighted by atomic mass is 10.3. The summed E-state index contributed by atoms with van der Waals surface area (Å²) in [6.45, 7) is 10.6. The summed E-state index contributed by atoms with van der Waals surface area (Å²) in [6.07, 6.45) is 2.28. The third-order valence-corrected chi connectivity index (χ3v) is 4.24. The summed E-state index contributed by atoms with van der Waals surface area (Å²) in [4.78, 5) is 5.85. The van der Waals surface area contributed by atoms with Gasteiger partial charge in [0.05, 0.1) is 32.4 Å². The van der Waals surface area contributed by atoms with Gasteiger partial charge in [0.15, 0.2) is 5.96 Å². The van der Waals surface area contributed by atoms with E-state index in [1.165, 1.54) is 11.3 Å². The smallest absolute Gasteiger partial charge is 0.191 e. The Bertz CT molecular complexity index is 410. The maximum atomic E-state index is 5.53. The van der Waals surface area contributed by atoms with E-state index in [0.29, 0.717) is 26.4 Å². The van der Waals surface area contributed by atoms with E-state index in [4.69, 9.17) is 9.47 Å². The van der Waals surface area contributed by atoms with E-state index in [-0.39, 0.29) is 6.04 Å². The van der Waals surface area contributed by atoms with Gasteiger partial charge in [-0.05, 0) is 31.7 Å². The lowest BCUT2D eigenvalue weighted by Crippen LogP contribution is -2.38. The molecular formula is C17H31N3O2S. The van der Waals surface area contributed by atoms with E-state index in [1.54, 1.807) is 11.3 Å². The minimum absolute atomic E-state index is 0.251. The Balaban J connectivity index is 2.19. The molecule has 0 saturated carbocycles. The number of hydrogen-bond acceptors (Lipinski definition) is 4. The zero-order valence-corrected chi connectivity index (χ0v) is 15.5. The van der Waals surface area contributed by atoms with Gasteiger partial charge in [-0.25, -0.2) is 0 Å². The maximum absolute atomic E-state index is 5.53. The highest BCUT2D eigenvalue weighted by molar-refractivity contribution is 7.10. The van der Waals surface area contributed by atoms with E-state index in [1.807, 2.05) is 0 Å². The number of hydrogen-bond donors (Lipinski definition) is 2. The molecule has 0 aliphatic carbocycles. The van der Waals surface area contributed by atoms with Gasteiger partial charge in [0, 0.05) is 18.0 Å². The third-order valence-electron chi connectivity index (χ3n) is 3.19. The molecule has 1 aromatic heterocycles. The molecule has 23 heavy (non-hydrogen) atoms. The normalized spacial score (nSPS) is 13.1. The number of nitrogens with zero attached hydrogens (tertiary/aromatic N) is 1. The molecule has 1 unspecified atom stereocenters. The number of aliphatic imine (C=N–C) groups is 1. The summed E-state index contributed by atoms with van der Waals surface area (Å²) in [5.74, 6) is 0.830. The Hall–Kier alpha value is -1.11. The highest BCUT2D eigenvalue weighted by atomic mass is 32.1. The van der Waals surface area contributed by atoms with Gasteiger partial charge >= 0.3 is 0 Å². The molecular weight excluding hydrogens is 310 g/mol. The number of guanidine groups is 1. The molecule has 0 aromatic carbocycles. The largest absolute Gasteiger partial charge is 0.379 e. The molecule has 2 N–H and O–H groups in total. The molecule has 0 amide bonds. The van der Waals surface area contributed by atoms with Gasteiger partial charge in [0.1, 0.15) is 0 Å². The molecule has 0 aliphatic rings. The van der Waals surface area contributed by atoms with E-state index in [2.05, 4.69) is 53.9 Å². The van der Waals surface area contributed by atoms with Crippen LogP contribution in [0.1, 0.15) is 44.5 Å². The molecule has 0 bridgehead atoms. The molecule has 6 heteroatoms. The molecule has 1 atom stereocenters. The Morgan fingerprint density at radius 1 is 1.22 bits per heavy atom. The summed E-state index contributed by atoms with van der Waals surface area (Å²) >= 11 is 1.75. The average molecular weight is 342 g/mol. The second kappa shape index (κ2) is 13.3. The van der Waals surface area contributed by atoms with Crippen LogP contribution in [0.5, 0.6) is 0 Å². The van der Waals surface area contributed by atoms with Crippen molar-refractivity contribution < 1.29 is 9.47 Å². The summed E-state index contributed by atoms with van der Waals surface area (Å²) in [5.41, 5.74) is 0. The van der Waals surface area contributed by atoms with E-state index < -0.39 is 0 Å². The highest BCUT2D eigenvalue weighted by Crippen LogP contribution is 2.17. The van der Waals surface area contributed by atoms with E-state index in [9.17, 15) is 0 Å². The van der Waals surface area contributed by atoms with Crippen LogP contribution >= 0.6 is 11.3 Å². The zero-order valence-electron chi connectivity index (χ0n) is 14.6. The van der Waals surface area contributed by atoms with Crippen molar-refractivity contribution >= 4 is 17.3 Å². The van der Waals surface area contributed by atoms with Gasteiger partial charge in [0.25, 0.3) is 0 Å². The minimum Gasteiger partial charge on any atom is -0.379 e. The van der Waals surface area contributed by atoms with Crippen LogP contribution in [0, 0.1) is 0 Å². The van der Waals surface area contributed by atoms with Crippen molar-refractivity contribution in [3.63, 3.8) is 0 Å². The van der Waals surface area contributed by atoms with Crippen molar-refractivity contribution in [2.75, 3.05) is 39.5 Å². The van der Waals surface area contributed by atoms with Gasteiger partial charge in [-0.2, -0.15) is 0 Å². The van der Waals surface area contributed by atoms with Crippen LogP contribution in [0.15, 0.2) is 22.5 Å². The summed E-state index contributed by atoms with van der Waals surface area (Å²) in [6, 6.07) is 4.45. The molecule has 0 saturated heterocycles. The molecule has 1 rings (SSSR count). The number of ether oxygens (including phenoxy) is 2. The number of nitrogens with one attached hydrogen (secondary N) is 2. The first-order valence-corrected chi connectivity index (χ1v) is 9.39. The lowest BCUT2D eigenvalue weighted by molar-refractivity contribution is 0.0497. The third kappa shape index (κ3) is 9.58. The lowest BCUT2D eigenvalue weighted by Gasteiger charge is -2.16. The molecule has 1 heterocycles. The van der Waals surface area contributed by atoms with E-state index in [0.717, 1.165) is 25.5 Å². The minimum atomic E-state index is 0.251. The Labute approximate surface area is 144 Å².